The Kier molecular flexibility index (Phi) is 6.82. The number of morpholine rings is 1. The number of hydrogen-bond acceptors (Lipinski definition) is 4. The average Bonchev–Trinajstić information content (AvgIpc) is 2.69. The van der Waals surface area contributed by atoms with Gasteiger partial charge in [-0.1, -0.05) is 12.1 Å². The van der Waals surface area contributed by atoms with Gasteiger partial charge >= 0.3 is 0 Å². The van der Waals surface area contributed by atoms with Crippen molar-refractivity contribution in [2.75, 3.05) is 26.0 Å². The van der Waals surface area contributed by atoms with Crippen LogP contribution in [0.3, 0.4) is 0 Å². The third-order valence-corrected chi connectivity index (χ3v) is 5.16. The van der Waals surface area contributed by atoms with E-state index in [9.17, 15) is 13.6 Å². The molecule has 1 aliphatic heterocycles. The zero-order valence-corrected chi connectivity index (χ0v) is 15.8. The fraction of sp³-hybridized carbons (Fsp3) is 0.350. The standard InChI is InChI=1S/C20H22F2N2O2S/c1-27-16-4-2-3-13(9-16)20(17-10-14(21)5-6-18(17)22)24-19(25)11-15-12-26-8-7-23-15/h2-6,9-10,15,20,23H,7-8,11-12H2,1H3,(H,24,25). The van der Waals surface area contributed by atoms with Crippen LogP contribution in [0.1, 0.15) is 23.6 Å². The lowest BCUT2D eigenvalue weighted by molar-refractivity contribution is -0.122. The molecule has 0 aliphatic carbocycles. The topological polar surface area (TPSA) is 50.4 Å². The molecule has 2 N–H and O–H groups in total. The molecule has 1 heterocycles. The summed E-state index contributed by atoms with van der Waals surface area (Å²) in [5.41, 5.74) is 0.807. The van der Waals surface area contributed by atoms with E-state index < -0.39 is 17.7 Å². The van der Waals surface area contributed by atoms with Crippen molar-refractivity contribution < 1.29 is 18.3 Å². The third kappa shape index (κ3) is 5.28. The summed E-state index contributed by atoms with van der Waals surface area (Å²) in [6.45, 7) is 1.76. The van der Waals surface area contributed by atoms with Crippen molar-refractivity contribution in [1.29, 1.82) is 0 Å². The molecule has 2 aromatic rings. The summed E-state index contributed by atoms with van der Waals surface area (Å²) >= 11 is 1.54. The summed E-state index contributed by atoms with van der Waals surface area (Å²) in [4.78, 5) is 13.6. The van der Waals surface area contributed by atoms with Gasteiger partial charge in [0, 0.05) is 29.5 Å². The lowest BCUT2D eigenvalue weighted by Crippen LogP contribution is -2.44. The second-order valence-corrected chi connectivity index (χ2v) is 7.25. The smallest absolute Gasteiger partial charge is 0.222 e. The van der Waals surface area contributed by atoms with Crippen LogP contribution in [0.5, 0.6) is 0 Å². The van der Waals surface area contributed by atoms with Gasteiger partial charge in [0.25, 0.3) is 0 Å². The van der Waals surface area contributed by atoms with E-state index in [4.69, 9.17) is 4.74 Å². The summed E-state index contributed by atoms with van der Waals surface area (Å²) in [6, 6.07) is 9.87. The van der Waals surface area contributed by atoms with Gasteiger partial charge in [-0.15, -0.1) is 11.8 Å². The highest BCUT2D eigenvalue weighted by atomic mass is 32.2. The maximum absolute atomic E-state index is 14.4. The number of thioether (sulfide) groups is 1. The van der Waals surface area contributed by atoms with Crippen molar-refractivity contribution in [3.63, 3.8) is 0 Å². The molecule has 1 saturated heterocycles. The minimum Gasteiger partial charge on any atom is -0.378 e. The maximum atomic E-state index is 14.4. The van der Waals surface area contributed by atoms with E-state index in [1.54, 1.807) is 17.8 Å². The molecule has 0 radical (unpaired) electrons. The van der Waals surface area contributed by atoms with Crippen LogP contribution in [0, 0.1) is 11.6 Å². The van der Waals surface area contributed by atoms with Crippen molar-refractivity contribution in [3.05, 3.63) is 65.2 Å². The van der Waals surface area contributed by atoms with E-state index >= 15 is 0 Å². The Morgan fingerprint density at radius 2 is 2.19 bits per heavy atom. The van der Waals surface area contributed by atoms with Gasteiger partial charge in [-0.25, -0.2) is 8.78 Å². The molecule has 0 saturated carbocycles. The molecular formula is C20H22F2N2O2S. The van der Waals surface area contributed by atoms with Crippen molar-refractivity contribution >= 4 is 17.7 Å². The quantitative estimate of drug-likeness (QED) is 0.741. The summed E-state index contributed by atoms with van der Waals surface area (Å²) in [6.07, 6.45) is 2.14. The van der Waals surface area contributed by atoms with E-state index in [0.717, 1.165) is 23.1 Å². The van der Waals surface area contributed by atoms with Crippen LogP contribution >= 0.6 is 11.8 Å². The highest BCUT2D eigenvalue weighted by Crippen LogP contribution is 2.28. The summed E-state index contributed by atoms with van der Waals surface area (Å²) in [5, 5.41) is 6.08. The molecule has 2 atom stereocenters. The first-order valence-corrected chi connectivity index (χ1v) is 9.98. The van der Waals surface area contributed by atoms with Gasteiger partial charge in [0.05, 0.1) is 19.3 Å². The van der Waals surface area contributed by atoms with Crippen LogP contribution in [-0.2, 0) is 9.53 Å². The van der Waals surface area contributed by atoms with Gasteiger partial charge < -0.3 is 15.4 Å². The zero-order chi connectivity index (χ0) is 19.2. The molecule has 144 valence electrons. The van der Waals surface area contributed by atoms with Gasteiger partial charge in [0.1, 0.15) is 11.6 Å². The van der Waals surface area contributed by atoms with Crippen LogP contribution in [0.25, 0.3) is 0 Å². The van der Waals surface area contributed by atoms with Gasteiger partial charge in [-0.3, -0.25) is 4.79 Å². The van der Waals surface area contributed by atoms with Crippen molar-refractivity contribution in [2.24, 2.45) is 0 Å². The molecule has 1 amide bonds. The number of benzene rings is 2. The molecule has 4 nitrogen and oxygen atoms in total. The largest absolute Gasteiger partial charge is 0.378 e. The lowest BCUT2D eigenvalue weighted by Gasteiger charge is -2.25. The maximum Gasteiger partial charge on any atom is 0.222 e. The molecule has 2 aromatic carbocycles. The summed E-state index contributed by atoms with van der Waals surface area (Å²) in [7, 11) is 0. The Bertz CT molecular complexity index is 797. The summed E-state index contributed by atoms with van der Waals surface area (Å²) < 4.78 is 33.6. The molecule has 3 rings (SSSR count). The Hall–Kier alpha value is -1.96. The Morgan fingerprint density at radius 1 is 1.33 bits per heavy atom. The second-order valence-electron chi connectivity index (χ2n) is 6.37. The number of carbonyl (C=O) groups is 1. The molecule has 1 aliphatic rings. The van der Waals surface area contributed by atoms with Gasteiger partial charge in [0.2, 0.25) is 5.91 Å². The molecule has 0 spiro atoms. The summed E-state index contributed by atoms with van der Waals surface area (Å²) in [5.74, 6) is -1.36. The number of rotatable bonds is 6. The number of hydrogen-bond donors (Lipinski definition) is 2. The first-order valence-electron chi connectivity index (χ1n) is 8.76. The van der Waals surface area contributed by atoms with Crippen LogP contribution in [-0.4, -0.2) is 38.0 Å². The molecule has 27 heavy (non-hydrogen) atoms. The first-order chi connectivity index (χ1) is 13.1. The number of amides is 1. The van der Waals surface area contributed by atoms with E-state index in [1.165, 1.54) is 0 Å². The Labute approximate surface area is 161 Å². The van der Waals surface area contributed by atoms with Crippen molar-refractivity contribution in [3.8, 4) is 0 Å². The fourth-order valence-electron chi connectivity index (χ4n) is 3.09. The highest BCUT2D eigenvalue weighted by Gasteiger charge is 2.24. The van der Waals surface area contributed by atoms with Crippen molar-refractivity contribution in [2.45, 2.75) is 23.4 Å². The highest BCUT2D eigenvalue weighted by molar-refractivity contribution is 7.98. The molecule has 2 unspecified atom stereocenters. The van der Waals surface area contributed by atoms with E-state index in [2.05, 4.69) is 10.6 Å². The SMILES string of the molecule is CSc1cccc(C(NC(=O)CC2COCCN2)c2cc(F)ccc2F)c1. The number of halogens is 2. The third-order valence-electron chi connectivity index (χ3n) is 4.43. The minimum atomic E-state index is -0.773. The Balaban J connectivity index is 1.87. The zero-order valence-electron chi connectivity index (χ0n) is 15.0. The fourth-order valence-corrected chi connectivity index (χ4v) is 3.56. The van der Waals surface area contributed by atoms with E-state index in [0.29, 0.717) is 25.3 Å². The molecule has 0 aromatic heterocycles. The van der Waals surface area contributed by atoms with Crippen LogP contribution in [0.4, 0.5) is 8.78 Å². The number of ether oxygens (including phenoxy) is 1. The predicted octanol–water partition coefficient (Wildman–Crippen LogP) is 3.27. The first kappa shape index (κ1) is 19.8. The van der Waals surface area contributed by atoms with Crippen LogP contribution in [0.2, 0.25) is 0 Å². The normalized spacial score (nSPS) is 18.1. The molecular weight excluding hydrogens is 370 g/mol. The average molecular weight is 392 g/mol. The predicted molar refractivity (Wildman–Crippen MR) is 102 cm³/mol. The monoisotopic (exact) mass is 392 g/mol. The number of carbonyl (C=O) groups excluding carboxylic acids is 1. The van der Waals surface area contributed by atoms with Crippen LogP contribution < -0.4 is 10.6 Å². The van der Waals surface area contributed by atoms with Gasteiger partial charge in [-0.05, 0) is 42.2 Å². The Morgan fingerprint density at radius 3 is 2.93 bits per heavy atom. The van der Waals surface area contributed by atoms with Crippen molar-refractivity contribution in [1.82, 2.24) is 10.6 Å². The van der Waals surface area contributed by atoms with Crippen LogP contribution in [0.15, 0.2) is 47.4 Å². The molecule has 0 bridgehead atoms. The molecule has 1 fully saturated rings. The van der Waals surface area contributed by atoms with Gasteiger partial charge in [-0.2, -0.15) is 0 Å². The van der Waals surface area contributed by atoms with Gasteiger partial charge in [0.15, 0.2) is 0 Å². The molecule has 7 heteroatoms. The second kappa shape index (κ2) is 9.30. The van der Waals surface area contributed by atoms with E-state index in [1.807, 2.05) is 24.5 Å². The van der Waals surface area contributed by atoms with E-state index in [-0.39, 0.29) is 23.9 Å². The number of nitrogens with one attached hydrogen (secondary N) is 2. The minimum absolute atomic E-state index is 0.0886. The lowest BCUT2D eigenvalue weighted by atomic mass is 9.97.